The van der Waals surface area contributed by atoms with Gasteiger partial charge in [-0.15, -0.1) is 0 Å². The van der Waals surface area contributed by atoms with Crippen molar-refractivity contribution >= 4 is 39.1 Å². The molecule has 2 saturated carbocycles. The number of hydrogen-bond donors (Lipinski definition) is 1. The van der Waals surface area contributed by atoms with E-state index < -0.39 is 62.9 Å². The Hall–Kier alpha value is -3.89. The van der Waals surface area contributed by atoms with Gasteiger partial charge in [-0.05, 0) is 73.8 Å². The molecule has 0 spiro atoms. The molecule has 13 nitrogen and oxygen atoms in total. The van der Waals surface area contributed by atoms with Gasteiger partial charge in [-0.2, -0.15) is 21.6 Å². The minimum absolute atomic E-state index is 0.0123. The summed E-state index contributed by atoms with van der Waals surface area (Å²) in [6.07, 6.45) is 4.96. The van der Waals surface area contributed by atoms with Crippen molar-refractivity contribution in [1.29, 1.82) is 0 Å². The lowest BCUT2D eigenvalue weighted by atomic mass is 9.71. The van der Waals surface area contributed by atoms with Crippen LogP contribution in [0.15, 0.2) is 18.2 Å². The first-order chi connectivity index (χ1) is 23.9. The number of carbonyl (C=O) groups excluding carboxylic acids is 3. The lowest BCUT2D eigenvalue weighted by Crippen LogP contribution is -2.57. The number of hydrogen-bond acceptors (Lipinski definition) is 11. The molecule has 17 heteroatoms. The van der Waals surface area contributed by atoms with Gasteiger partial charge < -0.3 is 28.6 Å². The number of esters is 1. The minimum Gasteiger partial charge on any atom is -0.471 e. The summed E-state index contributed by atoms with van der Waals surface area (Å²) < 4.78 is 84.0. The fourth-order valence-electron chi connectivity index (χ4n) is 7.87. The van der Waals surface area contributed by atoms with Gasteiger partial charge in [-0.1, -0.05) is 33.6 Å². The summed E-state index contributed by atoms with van der Waals surface area (Å²) in [6, 6.07) is 1.28. The number of benzene rings is 1. The molecule has 3 heterocycles. The summed E-state index contributed by atoms with van der Waals surface area (Å²) in [5, 5.41) is 2.81. The summed E-state index contributed by atoms with van der Waals surface area (Å²) in [7, 11) is -4.73. The van der Waals surface area contributed by atoms with Gasteiger partial charge in [0.05, 0.1) is 24.7 Å². The van der Waals surface area contributed by atoms with Crippen molar-refractivity contribution in [3.8, 4) is 11.6 Å². The first-order valence-electron chi connectivity index (χ1n) is 17.3. The highest BCUT2D eigenvalue weighted by Crippen LogP contribution is 2.53. The number of alkyl carbamates (subject to hydrolysis) is 1. The van der Waals surface area contributed by atoms with E-state index in [0.717, 1.165) is 50.7 Å². The largest absolute Gasteiger partial charge is 0.534 e. The van der Waals surface area contributed by atoms with E-state index in [1.165, 1.54) is 18.1 Å². The van der Waals surface area contributed by atoms with Gasteiger partial charge in [0.2, 0.25) is 11.8 Å². The summed E-state index contributed by atoms with van der Waals surface area (Å²) in [5.41, 5.74) is -5.66. The van der Waals surface area contributed by atoms with Crippen molar-refractivity contribution in [2.24, 2.45) is 23.2 Å². The Kier molecular flexibility index (Phi) is 10.1. The lowest BCUT2D eigenvalue weighted by molar-refractivity contribution is -0.152. The van der Waals surface area contributed by atoms with Crippen LogP contribution in [-0.4, -0.2) is 84.7 Å². The molecule has 1 aromatic heterocycles. The molecular formula is C34H43F3N4O9S. The van der Waals surface area contributed by atoms with E-state index in [-0.39, 0.29) is 41.9 Å². The van der Waals surface area contributed by atoms with Crippen molar-refractivity contribution in [2.75, 3.05) is 13.7 Å². The molecule has 2 aliphatic carbocycles. The number of nitrogens with one attached hydrogen (secondary N) is 1. The summed E-state index contributed by atoms with van der Waals surface area (Å²) in [6.45, 7) is 5.31. The van der Waals surface area contributed by atoms with Gasteiger partial charge in [0, 0.05) is 12.5 Å². The number of carbonyl (C=O) groups is 3. The molecule has 1 aromatic carbocycles. The molecule has 7 atom stereocenters. The van der Waals surface area contributed by atoms with Gasteiger partial charge in [0.1, 0.15) is 35.7 Å². The quantitative estimate of drug-likeness (QED) is 0.255. The average molecular weight is 741 g/mol. The molecule has 6 rings (SSSR count). The van der Waals surface area contributed by atoms with E-state index in [9.17, 15) is 36.0 Å². The molecule has 1 N–H and O–H groups in total. The average Bonchev–Trinajstić information content (AvgIpc) is 3.55. The number of ether oxygens (including phenoxy) is 3. The summed E-state index contributed by atoms with van der Waals surface area (Å²) >= 11 is 0. The van der Waals surface area contributed by atoms with Crippen molar-refractivity contribution in [3.63, 3.8) is 0 Å². The van der Waals surface area contributed by atoms with Gasteiger partial charge >= 0.3 is 27.7 Å². The molecule has 280 valence electrons. The molecule has 2 aliphatic heterocycles. The third-order valence-electron chi connectivity index (χ3n) is 10.6. The Morgan fingerprint density at radius 3 is 2.41 bits per heavy atom. The second-order valence-electron chi connectivity index (χ2n) is 15.0. The zero-order valence-corrected chi connectivity index (χ0v) is 29.7. The fraction of sp³-hybridized carbons (Fsp3) is 0.676. The zero-order valence-electron chi connectivity index (χ0n) is 28.9. The number of aromatic nitrogens is 2. The van der Waals surface area contributed by atoms with Gasteiger partial charge in [-0.25, -0.2) is 19.6 Å². The molecule has 2 aromatic rings. The van der Waals surface area contributed by atoms with E-state index in [1.807, 2.05) is 0 Å². The van der Waals surface area contributed by atoms with Crippen molar-refractivity contribution in [2.45, 2.75) is 108 Å². The van der Waals surface area contributed by atoms with Crippen LogP contribution in [0.2, 0.25) is 0 Å². The molecule has 0 unspecified atom stereocenters. The molecule has 3 fully saturated rings. The number of alkyl halides is 3. The predicted molar refractivity (Wildman–Crippen MR) is 175 cm³/mol. The number of nitrogens with zero attached hydrogens (tertiary/aromatic N) is 3. The van der Waals surface area contributed by atoms with Crippen LogP contribution < -0.4 is 14.2 Å². The fourth-order valence-corrected chi connectivity index (χ4v) is 8.32. The Bertz CT molecular complexity index is 1780. The normalized spacial score (nSPS) is 29.2. The van der Waals surface area contributed by atoms with Crippen molar-refractivity contribution in [1.82, 2.24) is 20.2 Å². The van der Waals surface area contributed by atoms with E-state index in [1.54, 1.807) is 20.8 Å². The SMILES string of the molecule is COC(=O)[C@@H]1C[C@@H]2CN1C(=O)[C@H](C(C)(C)C)NC(=O)O[C@@H]1C[C@@H]3CC[C@@H]3[C@H]1CCCCCc1nc3ccc(OS(=O)(=O)C(F)(F)F)cc3nc1O2. The molecule has 1 saturated heterocycles. The van der Waals surface area contributed by atoms with Gasteiger partial charge in [-0.3, -0.25) is 4.79 Å². The van der Waals surface area contributed by atoms with E-state index in [2.05, 4.69) is 19.5 Å². The van der Waals surface area contributed by atoms with Crippen LogP contribution in [0.1, 0.15) is 77.8 Å². The zero-order chi connectivity index (χ0) is 36.9. The Labute approximate surface area is 294 Å². The predicted octanol–water partition coefficient (Wildman–Crippen LogP) is 5.05. The topological polar surface area (TPSA) is 163 Å². The van der Waals surface area contributed by atoms with E-state index >= 15 is 0 Å². The van der Waals surface area contributed by atoms with Gasteiger partial charge in [0.15, 0.2) is 0 Å². The second kappa shape index (κ2) is 13.9. The number of fused-ring (bicyclic) bond motifs is 7. The molecule has 2 amide bonds. The summed E-state index contributed by atoms with van der Waals surface area (Å²) in [5.74, 6) is -0.587. The Morgan fingerprint density at radius 2 is 1.75 bits per heavy atom. The molecular weight excluding hydrogens is 697 g/mol. The number of aryl methyl sites for hydroxylation is 1. The number of methoxy groups -OCH3 is 1. The smallest absolute Gasteiger partial charge is 0.471 e. The highest BCUT2D eigenvalue weighted by atomic mass is 32.2. The highest BCUT2D eigenvalue weighted by molar-refractivity contribution is 7.88. The standard InChI is InChI=1S/C34H43F3N4O9S/c1-33(2,3)28-30(42)41-17-20(16-26(41)31(43)47-4)48-29-24(38-23-13-11-19(15-25(23)39-29)50-51(45,46)34(35,36)37)9-7-5-6-8-22-21-12-10-18(21)14-27(22)49-32(44)40-28/h11,13,15,18,20-22,26-28H,5-10,12,14,16-17H2,1-4H3,(H,40,44)/t18-,20+,21-,22+,26-,27+,28+/m0/s1. The maximum absolute atomic E-state index is 14.2. The van der Waals surface area contributed by atoms with Crippen LogP contribution in [0.5, 0.6) is 11.6 Å². The minimum atomic E-state index is -5.93. The third kappa shape index (κ3) is 7.68. The van der Waals surface area contributed by atoms with Crippen molar-refractivity contribution < 1.29 is 54.4 Å². The van der Waals surface area contributed by atoms with Crippen LogP contribution in [0, 0.1) is 23.2 Å². The van der Waals surface area contributed by atoms with E-state index in [4.69, 9.17) is 14.2 Å². The van der Waals surface area contributed by atoms with Gasteiger partial charge in [0.25, 0.3) is 0 Å². The highest BCUT2D eigenvalue weighted by Gasteiger charge is 2.51. The molecule has 51 heavy (non-hydrogen) atoms. The van der Waals surface area contributed by atoms with Crippen LogP contribution in [0.25, 0.3) is 11.0 Å². The van der Waals surface area contributed by atoms with Crippen LogP contribution in [0.3, 0.4) is 0 Å². The monoisotopic (exact) mass is 740 g/mol. The Balaban J connectivity index is 1.35. The first-order valence-corrected chi connectivity index (χ1v) is 18.7. The van der Waals surface area contributed by atoms with Crippen LogP contribution in [-0.2, 0) is 35.6 Å². The molecule has 0 radical (unpaired) electrons. The van der Waals surface area contributed by atoms with Crippen LogP contribution >= 0.6 is 0 Å². The number of amides is 2. The first kappa shape index (κ1) is 36.9. The summed E-state index contributed by atoms with van der Waals surface area (Å²) in [4.78, 5) is 51.2. The van der Waals surface area contributed by atoms with E-state index in [0.29, 0.717) is 30.4 Å². The third-order valence-corrected chi connectivity index (χ3v) is 11.6. The van der Waals surface area contributed by atoms with Crippen molar-refractivity contribution in [3.05, 3.63) is 23.9 Å². The molecule has 2 bridgehead atoms. The number of rotatable bonds is 3. The maximum atomic E-state index is 14.2. The van der Waals surface area contributed by atoms with Crippen LogP contribution in [0.4, 0.5) is 18.0 Å². The maximum Gasteiger partial charge on any atom is 0.534 e. The molecule has 4 aliphatic rings. The lowest BCUT2D eigenvalue weighted by Gasteiger charge is -2.35. The number of halogens is 3. The Morgan fingerprint density at radius 1 is 0.980 bits per heavy atom. The second-order valence-corrected chi connectivity index (χ2v) is 16.5.